The van der Waals surface area contributed by atoms with Crippen LogP contribution in [0.1, 0.15) is 20.8 Å². The Balaban J connectivity index is 0. The topological polar surface area (TPSA) is 14.1 Å². The van der Waals surface area contributed by atoms with Gasteiger partial charge in [-0.2, -0.15) is 50.2 Å². The van der Waals surface area contributed by atoms with Gasteiger partial charge < -0.3 is 4.13 Å². The second-order valence-electron chi connectivity index (χ2n) is 2.63. The fourth-order valence-electron chi connectivity index (χ4n) is 0.716. The van der Waals surface area contributed by atoms with E-state index in [0.717, 1.165) is 10.9 Å². The molecule has 0 saturated carbocycles. The van der Waals surface area contributed by atoms with Crippen LogP contribution in [0.15, 0.2) is 0 Å². The van der Waals surface area contributed by atoms with Crippen LogP contribution in [0.2, 0.25) is 0 Å². The number of hydrogen-bond acceptors (Lipinski definition) is 2. The van der Waals surface area contributed by atoms with Gasteiger partial charge in [0.2, 0.25) is 0 Å². The first-order chi connectivity index (χ1) is 8.05. The smallest absolute Gasteiger partial charge is 0.423 e. The number of rotatable bonds is 5. The van der Waals surface area contributed by atoms with Gasteiger partial charge in [0.05, 0.1) is 0 Å². The standard InChI is InChI=1S/C6H15S.C2F6NS2/c1-4-7(5-2)6-3;3-1(4,5)10-9-11-2(6,7)8/h4-6H2,1-3H3;/q+1;-1. The van der Waals surface area contributed by atoms with Crippen molar-refractivity contribution in [2.45, 2.75) is 31.8 Å². The van der Waals surface area contributed by atoms with Gasteiger partial charge >= 0.3 is 11.0 Å². The number of halogens is 6. The molecule has 0 unspecified atom stereocenters. The summed E-state index contributed by atoms with van der Waals surface area (Å²) in [4.78, 5) is 0. The molecule has 0 aliphatic carbocycles. The Bertz CT molecular complexity index is 173. The van der Waals surface area contributed by atoms with Gasteiger partial charge in [0, 0.05) is 0 Å². The second-order valence-corrected chi connectivity index (χ2v) is 7.47. The zero-order chi connectivity index (χ0) is 14.8. The van der Waals surface area contributed by atoms with E-state index in [9.17, 15) is 26.3 Å². The van der Waals surface area contributed by atoms with Gasteiger partial charge in [0.25, 0.3) is 0 Å². The summed E-state index contributed by atoms with van der Waals surface area (Å²) in [5.41, 5.74) is -9.50. The van der Waals surface area contributed by atoms with Crippen LogP contribution in [0, 0.1) is 0 Å². The van der Waals surface area contributed by atoms with E-state index >= 15 is 0 Å². The van der Waals surface area contributed by atoms with E-state index in [2.05, 4.69) is 24.9 Å². The zero-order valence-electron chi connectivity index (χ0n) is 10.1. The molecule has 0 atom stereocenters. The van der Waals surface area contributed by atoms with E-state index in [1.165, 1.54) is 17.3 Å². The third-order valence-electron chi connectivity index (χ3n) is 1.51. The average Bonchev–Trinajstić information content (AvgIpc) is 2.17. The Kier molecular flexibility index (Phi) is 12.1. The molecule has 0 amide bonds. The molecule has 0 fully saturated rings. The molecule has 112 valence electrons. The summed E-state index contributed by atoms with van der Waals surface area (Å²) in [5.74, 6) is 4.15. The molecule has 0 heterocycles. The van der Waals surface area contributed by atoms with E-state index in [1.807, 2.05) is 0 Å². The van der Waals surface area contributed by atoms with Gasteiger partial charge in [-0.25, -0.2) is 0 Å². The molecular weight excluding hydrogens is 320 g/mol. The van der Waals surface area contributed by atoms with Gasteiger partial charge in [-0.1, -0.05) is 0 Å². The van der Waals surface area contributed by atoms with Crippen LogP contribution in [0.5, 0.6) is 0 Å². The normalized spacial score (nSPS) is 12.3. The molecule has 0 aromatic carbocycles. The minimum absolute atomic E-state index is 0.755. The van der Waals surface area contributed by atoms with Crippen molar-refractivity contribution in [1.82, 2.24) is 0 Å². The maximum Gasteiger partial charge on any atom is 0.423 e. The molecule has 0 saturated heterocycles. The van der Waals surface area contributed by atoms with Gasteiger partial charge in [0.15, 0.2) is 0 Å². The summed E-state index contributed by atoms with van der Waals surface area (Å²) in [5, 5.41) is 0. The Morgan fingerprint density at radius 1 is 0.778 bits per heavy atom. The predicted molar refractivity (Wildman–Crippen MR) is 69.6 cm³/mol. The Morgan fingerprint density at radius 2 is 1.06 bits per heavy atom. The van der Waals surface area contributed by atoms with Gasteiger partial charge in [-0.3, -0.25) is 0 Å². The van der Waals surface area contributed by atoms with Crippen molar-refractivity contribution in [2.24, 2.45) is 0 Å². The highest BCUT2D eigenvalue weighted by Crippen LogP contribution is 2.45. The van der Waals surface area contributed by atoms with Crippen molar-refractivity contribution in [3.8, 4) is 0 Å². The van der Waals surface area contributed by atoms with Gasteiger partial charge in [-0.15, -0.1) is 0 Å². The van der Waals surface area contributed by atoms with Crippen LogP contribution in [-0.2, 0) is 10.9 Å². The highest BCUT2D eigenvalue weighted by molar-refractivity contribution is 8.20. The molecule has 1 nitrogen and oxygen atoms in total. The first kappa shape index (κ1) is 20.9. The fourth-order valence-corrected chi connectivity index (χ4v) is 2.77. The van der Waals surface area contributed by atoms with E-state index < -0.39 is 34.9 Å². The Morgan fingerprint density at radius 3 is 1.17 bits per heavy atom. The lowest BCUT2D eigenvalue weighted by Gasteiger charge is -2.21. The molecule has 0 spiro atoms. The maximum atomic E-state index is 11.1. The average molecular weight is 335 g/mol. The molecule has 18 heavy (non-hydrogen) atoms. The van der Waals surface area contributed by atoms with Crippen molar-refractivity contribution >= 4 is 34.8 Å². The van der Waals surface area contributed by atoms with Crippen LogP contribution in [0.4, 0.5) is 26.3 Å². The lowest BCUT2D eigenvalue weighted by Crippen LogP contribution is -2.09. The van der Waals surface area contributed by atoms with Gasteiger partial charge in [-0.05, 0) is 31.7 Å². The molecule has 0 radical (unpaired) electrons. The van der Waals surface area contributed by atoms with Crippen molar-refractivity contribution in [3.05, 3.63) is 4.13 Å². The van der Waals surface area contributed by atoms with Crippen LogP contribution in [0.25, 0.3) is 4.13 Å². The minimum atomic E-state index is -4.75. The lowest BCUT2D eigenvalue weighted by molar-refractivity contribution is -0.0328. The minimum Gasteiger partial charge on any atom is -0.536 e. The molecule has 0 aliphatic heterocycles. The molecule has 0 aliphatic rings. The third-order valence-corrected chi connectivity index (χ3v) is 4.97. The second kappa shape index (κ2) is 10.4. The SMILES string of the molecule is CC[S+](CC)CC.FC(F)(F)S[N-]SC(F)(F)F. The maximum absolute atomic E-state index is 11.1. The monoisotopic (exact) mass is 335 g/mol. The van der Waals surface area contributed by atoms with Crippen LogP contribution in [-0.4, -0.2) is 28.3 Å². The van der Waals surface area contributed by atoms with Crippen LogP contribution in [0.3, 0.4) is 0 Å². The molecule has 0 rings (SSSR count). The quantitative estimate of drug-likeness (QED) is 0.381. The van der Waals surface area contributed by atoms with Gasteiger partial charge in [0.1, 0.15) is 17.3 Å². The van der Waals surface area contributed by atoms with Crippen LogP contribution >= 0.6 is 23.9 Å². The summed E-state index contributed by atoms with van der Waals surface area (Å²) in [6.45, 7) is 6.82. The highest BCUT2D eigenvalue weighted by atomic mass is 32.2. The van der Waals surface area contributed by atoms with Crippen molar-refractivity contribution in [3.63, 3.8) is 0 Å². The van der Waals surface area contributed by atoms with E-state index in [0.29, 0.717) is 0 Å². The largest absolute Gasteiger partial charge is 0.536 e. The third kappa shape index (κ3) is 18.9. The first-order valence-electron chi connectivity index (χ1n) is 4.89. The summed E-state index contributed by atoms with van der Waals surface area (Å²) in [6.07, 6.45) is 0. The molecule has 0 aromatic rings. The van der Waals surface area contributed by atoms with E-state index in [4.69, 9.17) is 0 Å². The van der Waals surface area contributed by atoms with Crippen LogP contribution < -0.4 is 0 Å². The van der Waals surface area contributed by atoms with Crippen molar-refractivity contribution < 1.29 is 26.3 Å². The molecular formula is C8H15F6NS3. The molecule has 0 aromatic heterocycles. The van der Waals surface area contributed by atoms with E-state index in [-0.39, 0.29) is 0 Å². The Hall–Kier alpha value is 0.590. The number of alkyl halides is 6. The summed E-state index contributed by atoms with van der Waals surface area (Å²) >= 11 is -2.14. The zero-order valence-corrected chi connectivity index (χ0v) is 12.5. The fraction of sp³-hybridized carbons (Fsp3) is 1.00. The summed E-state index contributed by atoms with van der Waals surface area (Å²) in [6, 6.07) is 0. The summed E-state index contributed by atoms with van der Waals surface area (Å²) < 4.78 is 68.8. The van der Waals surface area contributed by atoms with Crippen molar-refractivity contribution in [2.75, 3.05) is 17.3 Å². The number of hydrogen-bond donors (Lipinski definition) is 0. The Labute approximate surface area is 114 Å². The lowest BCUT2D eigenvalue weighted by atomic mass is 10.9. The summed E-state index contributed by atoms with van der Waals surface area (Å²) in [7, 11) is 0.755. The first-order valence-corrected chi connectivity index (χ1v) is 8.17. The van der Waals surface area contributed by atoms with E-state index in [1.54, 1.807) is 0 Å². The molecule has 0 N–H and O–H groups in total. The molecule has 10 heteroatoms. The highest BCUT2D eigenvalue weighted by Gasteiger charge is 2.26. The molecule has 0 bridgehead atoms. The van der Waals surface area contributed by atoms with Crippen molar-refractivity contribution in [1.29, 1.82) is 0 Å². The number of nitrogens with zero attached hydrogens (tertiary/aromatic N) is 1. The predicted octanol–water partition coefficient (Wildman–Crippen LogP) is 5.36.